The molecule has 0 N–H and O–H groups in total. The molecule has 0 aromatic rings. The Bertz CT molecular complexity index is 78.6. The van der Waals surface area contributed by atoms with Crippen LogP contribution in [0.5, 0.6) is 0 Å². The Kier molecular flexibility index (Phi) is 38.0. The smallest absolute Gasteiger partial charge is 1.00 e. The van der Waals surface area contributed by atoms with E-state index in [1.807, 2.05) is 0 Å². The minimum atomic E-state index is -1.75. The minimum absolute atomic E-state index is 0. The Balaban J connectivity index is -0.0000000171. The van der Waals surface area contributed by atoms with Crippen LogP contribution in [0.15, 0.2) is 0 Å². The summed E-state index contributed by atoms with van der Waals surface area (Å²) < 4.78 is 0. The molecule has 0 unspecified atom stereocenters. The van der Waals surface area contributed by atoms with E-state index < -0.39 is 10.2 Å². The maximum atomic E-state index is 8.25. The van der Waals surface area contributed by atoms with Gasteiger partial charge in [-0.3, -0.25) is 0 Å². The average molecular weight is 252 g/mol. The van der Waals surface area contributed by atoms with Crippen LogP contribution in [0.4, 0.5) is 0 Å². The second-order valence-electron chi connectivity index (χ2n) is 0.447. The number of rotatable bonds is 0. The Morgan fingerprint density at radius 3 is 0.900 bits per heavy atom. The van der Waals surface area contributed by atoms with Crippen molar-refractivity contribution in [2.24, 2.45) is 0 Å². The number of hydrogen-bond acceptors (Lipinski definition) is 6. The minimum Gasteiger partial charge on any atom is -1.00 e. The predicted octanol–water partition coefficient (Wildman–Crippen LogP) is -3.74. The van der Waals surface area contributed by atoms with Gasteiger partial charge < -0.3 is 32.1 Å². The summed E-state index contributed by atoms with van der Waals surface area (Å²) in [5.74, 6) is 0. The van der Waals surface area contributed by atoms with Crippen LogP contribution in [0, 0.1) is 30.6 Å². The molecule has 0 aliphatic carbocycles. The topological polar surface area (TPSA) is 132 Å². The SMILES string of the molecule is O=[N+]([O-])[O-].O=[N+]([O-])[O-].[H-].[K+].[Sr+2]. The molecule has 0 aliphatic rings. The van der Waals surface area contributed by atoms with Crippen molar-refractivity contribution in [1.29, 1.82) is 0 Å². The van der Waals surface area contributed by atoms with Gasteiger partial charge in [-0.25, -0.2) is 0 Å². The van der Waals surface area contributed by atoms with Crippen LogP contribution in [0.25, 0.3) is 0 Å². The molecule has 0 aromatic carbocycles. The standard InChI is InChI=1S/K.2NO3.Sr.H/c;2*2-1(3)4;;/q+1;2*-1;+2;-1. The molecule has 0 bridgehead atoms. The molecule has 8 nitrogen and oxygen atoms in total. The molecule has 0 saturated heterocycles. The van der Waals surface area contributed by atoms with Crippen molar-refractivity contribution in [2.75, 3.05) is 0 Å². The molecule has 0 atom stereocenters. The fraction of sp³-hybridized carbons (Fsp3) is 0. The second kappa shape index (κ2) is 16.9. The van der Waals surface area contributed by atoms with Crippen molar-refractivity contribution >= 4 is 45.5 Å². The third-order valence-corrected chi connectivity index (χ3v) is 0. The summed E-state index contributed by atoms with van der Waals surface area (Å²) in [6, 6.07) is 0. The maximum Gasteiger partial charge on any atom is 2.00 e. The quantitative estimate of drug-likeness (QED) is 0.247. The van der Waals surface area contributed by atoms with Crippen LogP contribution in [0.1, 0.15) is 1.43 Å². The summed E-state index contributed by atoms with van der Waals surface area (Å²) in [5.41, 5.74) is 0. The summed E-state index contributed by atoms with van der Waals surface area (Å²) in [7, 11) is 0. The van der Waals surface area contributed by atoms with Crippen LogP contribution in [0.3, 0.4) is 0 Å². The molecule has 50 valence electrons. The first-order chi connectivity index (χ1) is 3.46. The molecule has 0 amide bonds. The van der Waals surface area contributed by atoms with Gasteiger partial charge in [-0.05, 0) is 0 Å². The third-order valence-electron chi connectivity index (χ3n) is 0. The molecule has 10 heteroatoms. The van der Waals surface area contributed by atoms with Gasteiger partial charge in [-0.1, -0.05) is 0 Å². The van der Waals surface area contributed by atoms with E-state index in [0.29, 0.717) is 0 Å². The zero-order valence-electron chi connectivity index (χ0n) is 6.05. The van der Waals surface area contributed by atoms with E-state index in [1.54, 1.807) is 0 Å². The van der Waals surface area contributed by atoms with E-state index in [-0.39, 0.29) is 98.3 Å². The molecule has 0 fully saturated rings. The van der Waals surface area contributed by atoms with Crippen molar-refractivity contribution in [2.45, 2.75) is 0 Å². The first-order valence-electron chi connectivity index (χ1n) is 1.10. The molecule has 0 aromatic heterocycles. The van der Waals surface area contributed by atoms with Crippen LogP contribution < -0.4 is 51.4 Å². The summed E-state index contributed by atoms with van der Waals surface area (Å²) in [6.07, 6.45) is 0. The second-order valence-corrected chi connectivity index (χ2v) is 0.447. The van der Waals surface area contributed by atoms with Gasteiger partial charge in [0.1, 0.15) is 0 Å². The van der Waals surface area contributed by atoms with Gasteiger partial charge in [-0.15, -0.1) is 0 Å². The van der Waals surface area contributed by atoms with Crippen molar-refractivity contribution in [1.82, 2.24) is 0 Å². The summed E-state index contributed by atoms with van der Waals surface area (Å²) >= 11 is 0. The fourth-order valence-electron chi connectivity index (χ4n) is 0. The molecule has 10 heavy (non-hydrogen) atoms. The van der Waals surface area contributed by atoms with Crippen molar-refractivity contribution in [3.8, 4) is 0 Å². The van der Waals surface area contributed by atoms with Gasteiger partial charge in [0.25, 0.3) is 0 Å². The van der Waals surface area contributed by atoms with Gasteiger partial charge in [0, 0.05) is 0 Å². The molecule has 0 saturated carbocycles. The average Bonchev–Trinajstić information content (AvgIpc) is 1.25. The summed E-state index contributed by atoms with van der Waals surface area (Å²) in [4.78, 5) is 16.5. The molecule has 0 radical (unpaired) electrons. The molecule has 0 rings (SSSR count). The largest absolute Gasteiger partial charge is 2.00 e. The summed E-state index contributed by atoms with van der Waals surface area (Å²) in [6.45, 7) is 0. The van der Waals surface area contributed by atoms with Crippen LogP contribution in [0.2, 0.25) is 0 Å². The first-order valence-corrected chi connectivity index (χ1v) is 1.10. The Hall–Kier alpha value is 1.52. The van der Waals surface area contributed by atoms with E-state index >= 15 is 0 Å². The van der Waals surface area contributed by atoms with E-state index in [9.17, 15) is 0 Å². The van der Waals surface area contributed by atoms with Gasteiger partial charge >= 0.3 is 96.9 Å². The van der Waals surface area contributed by atoms with Gasteiger partial charge in [-0.2, -0.15) is 0 Å². The molecular weight excluding hydrogens is 251 g/mol. The maximum absolute atomic E-state index is 8.25. The zero-order valence-corrected chi connectivity index (χ0v) is 11.7. The zero-order chi connectivity index (χ0) is 7.15. The Labute approximate surface area is 136 Å². The molecule has 0 spiro atoms. The van der Waals surface area contributed by atoms with Gasteiger partial charge in [0.2, 0.25) is 0 Å². The van der Waals surface area contributed by atoms with Crippen molar-refractivity contribution in [3.63, 3.8) is 0 Å². The predicted molar refractivity (Wildman–Crippen MR) is 27.6 cm³/mol. The Morgan fingerprint density at radius 1 is 0.900 bits per heavy atom. The molecule has 0 heterocycles. The van der Waals surface area contributed by atoms with Gasteiger partial charge in [0.15, 0.2) is 0 Å². The van der Waals surface area contributed by atoms with Gasteiger partial charge in [0.05, 0.1) is 10.2 Å². The Morgan fingerprint density at radius 2 is 0.900 bits per heavy atom. The van der Waals surface area contributed by atoms with E-state index in [2.05, 4.69) is 0 Å². The molecule has 0 aliphatic heterocycles. The van der Waals surface area contributed by atoms with Crippen molar-refractivity contribution < 1.29 is 63.0 Å². The van der Waals surface area contributed by atoms with E-state index in [0.717, 1.165) is 0 Å². The number of hydrogen-bond donors (Lipinski definition) is 0. The monoisotopic (exact) mass is 252 g/mol. The van der Waals surface area contributed by atoms with Crippen molar-refractivity contribution in [3.05, 3.63) is 30.6 Å². The normalized spacial score (nSPS) is 4.80. The summed E-state index contributed by atoms with van der Waals surface area (Å²) in [5, 5.41) is 29.5. The number of nitrogens with zero attached hydrogens (tertiary/aromatic N) is 2. The fourth-order valence-corrected chi connectivity index (χ4v) is 0. The van der Waals surface area contributed by atoms with E-state index in [4.69, 9.17) is 30.6 Å². The van der Waals surface area contributed by atoms with Crippen LogP contribution >= 0.6 is 0 Å². The first kappa shape index (κ1) is 22.5. The third kappa shape index (κ3) is 300. The molecular formula is HKN2O6Sr. The van der Waals surface area contributed by atoms with Crippen LogP contribution in [-0.4, -0.2) is 55.7 Å². The van der Waals surface area contributed by atoms with Crippen LogP contribution in [-0.2, 0) is 0 Å². The van der Waals surface area contributed by atoms with E-state index in [1.165, 1.54) is 0 Å².